The van der Waals surface area contributed by atoms with Crippen molar-refractivity contribution in [1.29, 1.82) is 0 Å². The minimum absolute atomic E-state index is 0.126. The smallest absolute Gasteiger partial charge is 0.210 e. The van der Waals surface area contributed by atoms with E-state index in [0.717, 1.165) is 16.8 Å². The van der Waals surface area contributed by atoms with Crippen LogP contribution in [-0.4, -0.2) is 6.08 Å². The van der Waals surface area contributed by atoms with Crippen LogP contribution in [0, 0.1) is 0 Å². The number of hydrogen-bond donors (Lipinski definition) is 0. The van der Waals surface area contributed by atoms with Crippen LogP contribution >= 0.6 is 11.9 Å². The van der Waals surface area contributed by atoms with Crippen molar-refractivity contribution in [3.63, 3.8) is 0 Å². The molecule has 0 heterocycles. The average molecular weight is 207 g/mol. The molecule has 1 aromatic carbocycles. The first-order chi connectivity index (χ1) is 6.54. The molecule has 0 aliphatic carbocycles. The predicted octanol–water partition coefficient (Wildman–Crippen LogP) is 3.33. The molecular weight excluding hydrogens is 194 g/mol. The van der Waals surface area contributed by atoms with Crippen LogP contribution in [0.1, 0.15) is 26.3 Å². The molecule has 0 atom stereocenters. The molecule has 0 aliphatic rings. The molecule has 0 fully saturated rings. The first kappa shape index (κ1) is 11.0. The molecule has 0 saturated carbocycles. The second-order valence-electron chi connectivity index (χ2n) is 4.05. The van der Waals surface area contributed by atoms with Crippen molar-refractivity contribution in [2.75, 3.05) is 0 Å². The van der Waals surface area contributed by atoms with E-state index in [9.17, 15) is 4.79 Å². The first-order valence-corrected chi connectivity index (χ1v) is 5.16. The Balaban J connectivity index is 2.95. The summed E-state index contributed by atoms with van der Waals surface area (Å²) < 4.78 is 3.48. The highest BCUT2D eigenvalue weighted by molar-refractivity contribution is 7.98. The van der Waals surface area contributed by atoms with Gasteiger partial charge in [0.1, 0.15) is 0 Å². The van der Waals surface area contributed by atoms with E-state index in [0.29, 0.717) is 0 Å². The van der Waals surface area contributed by atoms with E-state index in [2.05, 4.69) is 31.2 Å². The fraction of sp³-hybridized carbons (Fsp3) is 0.364. The Hall–Kier alpha value is -1.05. The van der Waals surface area contributed by atoms with Gasteiger partial charge in [-0.1, -0.05) is 32.9 Å². The second kappa shape index (κ2) is 4.45. The van der Waals surface area contributed by atoms with Crippen LogP contribution in [0.3, 0.4) is 0 Å². The quantitative estimate of drug-likeness (QED) is 0.423. The zero-order valence-corrected chi connectivity index (χ0v) is 9.39. The minimum atomic E-state index is 0.126. The van der Waals surface area contributed by atoms with Gasteiger partial charge in [0.15, 0.2) is 0 Å². The highest BCUT2D eigenvalue weighted by Gasteiger charge is 2.13. The largest absolute Gasteiger partial charge is 0.247 e. The molecule has 0 amide bonds. The van der Waals surface area contributed by atoms with Crippen LogP contribution in [0.4, 0.5) is 0 Å². The SMILES string of the molecule is CC(C)(C)c1cccc(SN=C=O)c1. The summed E-state index contributed by atoms with van der Waals surface area (Å²) in [5, 5.41) is 0. The lowest BCUT2D eigenvalue weighted by Crippen LogP contribution is -2.10. The molecule has 0 aliphatic heterocycles. The molecule has 0 N–H and O–H groups in total. The molecule has 0 saturated heterocycles. The van der Waals surface area contributed by atoms with Crippen molar-refractivity contribution in [3.05, 3.63) is 29.8 Å². The van der Waals surface area contributed by atoms with E-state index in [1.54, 1.807) is 0 Å². The fourth-order valence-corrected chi connectivity index (χ4v) is 1.55. The van der Waals surface area contributed by atoms with Gasteiger partial charge in [-0.25, -0.2) is 4.79 Å². The summed E-state index contributed by atoms with van der Waals surface area (Å²) in [7, 11) is 0. The van der Waals surface area contributed by atoms with E-state index < -0.39 is 0 Å². The van der Waals surface area contributed by atoms with E-state index >= 15 is 0 Å². The second-order valence-corrected chi connectivity index (χ2v) is 4.89. The summed E-state index contributed by atoms with van der Waals surface area (Å²) >= 11 is 1.15. The molecule has 0 radical (unpaired) electrons. The van der Waals surface area contributed by atoms with Crippen LogP contribution in [-0.2, 0) is 10.2 Å². The van der Waals surface area contributed by atoms with E-state index in [4.69, 9.17) is 0 Å². The highest BCUT2D eigenvalue weighted by Crippen LogP contribution is 2.27. The molecule has 14 heavy (non-hydrogen) atoms. The van der Waals surface area contributed by atoms with Crippen LogP contribution in [0.2, 0.25) is 0 Å². The van der Waals surface area contributed by atoms with Gasteiger partial charge in [-0.3, -0.25) is 0 Å². The summed E-state index contributed by atoms with van der Waals surface area (Å²) in [4.78, 5) is 10.9. The Morgan fingerprint density at radius 3 is 2.64 bits per heavy atom. The summed E-state index contributed by atoms with van der Waals surface area (Å²) in [5.74, 6) is 0. The maximum atomic E-state index is 9.95. The van der Waals surface area contributed by atoms with Crippen molar-refractivity contribution < 1.29 is 4.79 Å². The highest BCUT2D eigenvalue weighted by atomic mass is 32.2. The van der Waals surface area contributed by atoms with Gasteiger partial charge in [0.25, 0.3) is 0 Å². The van der Waals surface area contributed by atoms with Gasteiger partial charge in [-0.15, -0.1) is 4.40 Å². The maximum absolute atomic E-state index is 9.95. The third-order valence-corrected chi connectivity index (χ3v) is 2.52. The average Bonchev–Trinajstić information content (AvgIpc) is 2.14. The Morgan fingerprint density at radius 2 is 2.07 bits per heavy atom. The van der Waals surface area contributed by atoms with Gasteiger partial charge in [0, 0.05) is 16.8 Å². The number of benzene rings is 1. The molecule has 74 valence electrons. The molecule has 1 aromatic rings. The van der Waals surface area contributed by atoms with Crippen LogP contribution in [0.25, 0.3) is 0 Å². The van der Waals surface area contributed by atoms with Crippen molar-refractivity contribution in [3.8, 4) is 0 Å². The topological polar surface area (TPSA) is 29.4 Å². The Labute approximate surface area is 88.6 Å². The minimum Gasteiger partial charge on any atom is -0.210 e. The van der Waals surface area contributed by atoms with Crippen molar-refractivity contribution >= 4 is 18.0 Å². The molecule has 0 bridgehead atoms. The van der Waals surface area contributed by atoms with Crippen LogP contribution in [0.5, 0.6) is 0 Å². The number of hydrogen-bond acceptors (Lipinski definition) is 3. The van der Waals surface area contributed by atoms with Gasteiger partial charge in [-0.2, -0.15) is 0 Å². The Kier molecular flexibility index (Phi) is 3.50. The maximum Gasteiger partial charge on any atom is 0.247 e. The molecule has 2 nitrogen and oxygen atoms in total. The van der Waals surface area contributed by atoms with Gasteiger partial charge in [0.05, 0.1) is 0 Å². The predicted molar refractivity (Wildman–Crippen MR) is 59.1 cm³/mol. The van der Waals surface area contributed by atoms with Crippen molar-refractivity contribution in [2.24, 2.45) is 4.40 Å². The number of carbonyl (C=O) groups excluding carboxylic acids is 1. The lowest BCUT2D eigenvalue weighted by atomic mass is 9.87. The molecule has 0 unspecified atom stereocenters. The van der Waals surface area contributed by atoms with E-state index in [-0.39, 0.29) is 5.41 Å². The van der Waals surface area contributed by atoms with Gasteiger partial charge >= 0.3 is 0 Å². The monoisotopic (exact) mass is 207 g/mol. The fourth-order valence-electron chi connectivity index (χ4n) is 1.09. The third kappa shape index (κ3) is 3.02. The van der Waals surface area contributed by atoms with Gasteiger partial charge in [-0.05, 0) is 23.1 Å². The van der Waals surface area contributed by atoms with E-state index in [1.807, 2.05) is 18.2 Å². The molecule has 3 heteroatoms. The molecular formula is C11H13NOS. The Morgan fingerprint density at radius 1 is 1.36 bits per heavy atom. The number of isocyanates is 1. The zero-order chi connectivity index (χ0) is 10.6. The number of nitrogens with zero attached hydrogens (tertiary/aromatic N) is 1. The zero-order valence-electron chi connectivity index (χ0n) is 8.57. The first-order valence-electron chi connectivity index (χ1n) is 4.39. The van der Waals surface area contributed by atoms with Crippen LogP contribution in [0.15, 0.2) is 33.6 Å². The summed E-state index contributed by atoms with van der Waals surface area (Å²) in [6, 6.07) is 8.03. The Bertz CT molecular complexity index is 362. The lowest BCUT2D eigenvalue weighted by Gasteiger charge is -2.19. The van der Waals surface area contributed by atoms with Crippen LogP contribution < -0.4 is 0 Å². The van der Waals surface area contributed by atoms with E-state index in [1.165, 1.54) is 11.6 Å². The molecule has 0 spiro atoms. The summed E-state index contributed by atoms with van der Waals surface area (Å²) in [6.07, 6.45) is 1.51. The van der Waals surface area contributed by atoms with Crippen molar-refractivity contribution in [2.45, 2.75) is 31.1 Å². The van der Waals surface area contributed by atoms with Gasteiger partial charge in [0.2, 0.25) is 6.08 Å². The molecule has 0 aromatic heterocycles. The molecule has 1 rings (SSSR count). The van der Waals surface area contributed by atoms with Crippen molar-refractivity contribution in [1.82, 2.24) is 0 Å². The third-order valence-electron chi connectivity index (χ3n) is 1.89. The normalized spacial score (nSPS) is 10.8. The summed E-state index contributed by atoms with van der Waals surface area (Å²) in [6.45, 7) is 6.46. The van der Waals surface area contributed by atoms with Gasteiger partial charge < -0.3 is 0 Å². The lowest BCUT2D eigenvalue weighted by molar-refractivity contribution is 0.566. The summed E-state index contributed by atoms with van der Waals surface area (Å²) in [5.41, 5.74) is 1.37. The standard InChI is InChI=1S/C11H13NOS/c1-11(2,3)9-5-4-6-10(7-9)14-12-8-13/h4-7H,1-3H3. The number of rotatable bonds is 2.